The number of hydrogen-bond acceptors (Lipinski definition) is 8. The summed E-state index contributed by atoms with van der Waals surface area (Å²) in [5.74, 6) is 1.21. The predicted octanol–water partition coefficient (Wildman–Crippen LogP) is 2.94. The number of rotatable bonds is 7. The quantitative estimate of drug-likeness (QED) is 0.590. The SMILES string of the molecule is COc1ccc(CCOC(=O)OC[C@@H]2CC[C@H](c3ccc4c(N)ncnn34)O2)cc1. The van der Waals surface area contributed by atoms with Gasteiger partial charge in [0.2, 0.25) is 0 Å². The molecule has 1 aliphatic rings. The fourth-order valence-corrected chi connectivity index (χ4v) is 3.51. The van der Waals surface area contributed by atoms with Gasteiger partial charge in [-0.25, -0.2) is 14.3 Å². The molecule has 2 atom stereocenters. The van der Waals surface area contributed by atoms with Crippen LogP contribution in [0.5, 0.6) is 5.75 Å². The Morgan fingerprint density at radius 3 is 2.83 bits per heavy atom. The highest BCUT2D eigenvalue weighted by Gasteiger charge is 2.30. The fraction of sp³-hybridized carbons (Fsp3) is 0.381. The van der Waals surface area contributed by atoms with Crippen LogP contribution in [0.2, 0.25) is 0 Å². The van der Waals surface area contributed by atoms with Crippen molar-refractivity contribution >= 4 is 17.5 Å². The maximum absolute atomic E-state index is 11.9. The Balaban J connectivity index is 1.21. The van der Waals surface area contributed by atoms with Crippen molar-refractivity contribution < 1.29 is 23.7 Å². The summed E-state index contributed by atoms with van der Waals surface area (Å²) < 4.78 is 23.3. The molecule has 158 valence electrons. The number of methoxy groups -OCH3 is 1. The summed E-state index contributed by atoms with van der Waals surface area (Å²) in [4.78, 5) is 15.8. The van der Waals surface area contributed by atoms with E-state index in [0.717, 1.165) is 35.4 Å². The summed E-state index contributed by atoms with van der Waals surface area (Å²) in [5, 5.41) is 4.25. The Kier molecular flexibility index (Phi) is 5.99. The molecule has 1 aliphatic heterocycles. The largest absolute Gasteiger partial charge is 0.508 e. The Morgan fingerprint density at radius 2 is 2.03 bits per heavy atom. The summed E-state index contributed by atoms with van der Waals surface area (Å²) in [6.07, 6.45) is 2.59. The number of hydrogen-bond donors (Lipinski definition) is 1. The Morgan fingerprint density at radius 1 is 1.20 bits per heavy atom. The van der Waals surface area contributed by atoms with E-state index in [2.05, 4.69) is 10.1 Å². The maximum Gasteiger partial charge on any atom is 0.508 e. The van der Waals surface area contributed by atoms with E-state index >= 15 is 0 Å². The van der Waals surface area contributed by atoms with E-state index in [0.29, 0.717) is 12.2 Å². The molecule has 0 radical (unpaired) electrons. The van der Waals surface area contributed by atoms with E-state index in [9.17, 15) is 4.79 Å². The van der Waals surface area contributed by atoms with E-state index < -0.39 is 6.16 Å². The Labute approximate surface area is 173 Å². The van der Waals surface area contributed by atoms with E-state index in [1.807, 2.05) is 36.4 Å². The van der Waals surface area contributed by atoms with Crippen LogP contribution >= 0.6 is 0 Å². The summed E-state index contributed by atoms with van der Waals surface area (Å²) in [7, 11) is 1.62. The third-order valence-electron chi connectivity index (χ3n) is 5.11. The van der Waals surface area contributed by atoms with Crippen molar-refractivity contribution in [1.82, 2.24) is 14.6 Å². The number of nitrogen functional groups attached to an aromatic ring is 1. The molecule has 0 amide bonds. The van der Waals surface area contributed by atoms with Crippen LogP contribution in [0.1, 0.15) is 30.2 Å². The zero-order valence-corrected chi connectivity index (χ0v) is 16.7. The van der Waals surface area contributed by atoms with Crippen LogP contribution in [0.3, 0.4) is 0 Å². The van der Waals surface area contributed by atoms with Crippen LogP contribution in [0.4, 0.5) is 10.6 Å². The van der Waals surface area contributed by atoms with Gasteiger partial charge in [-0.05, 0) is 42.7 Å². The zero-order valence-electron chi connectivity index (χ0n) is 16.7. The maximum atomic E-state index is 11.9. The standard InChI is InChI=1S/C21H24N4O5/c1-27-15-4-2-14(3-5-15)10-11-28-21(26)29-12-16-6-9-19(30-16)17-7-8-18-20(22)23-13-24-25(17)18/h2-5,7-8,13,16,19H,6,9-12H2,1H3,(H2,22,23,24)/t16-,19+/m0/s1. The average Bonchev–Trinajstić information content (AvgIpc) is 3.40. The van der Waals surface area contributed by atoms with Crippen molar-refractivity contribution in [3.8, 4) is 5.75 Å². The van der Waals surface area contributed by atoms with Gasteiger partial charge in [-0.1, -0.05) is 12.1 Å². The van der Waals surface area contributed by atoms with Crippen molar-refractivity contribution in [1.29, 1.82) is 0 Å². The highest BCUT2D eigenvalue weighted by Crippen LogP contribution is 2.33. The molecular weight excluding hydrogens is 388 g/mol. The minimum atomic E-state index is -0.691. The lowest BCUT2D eigenvalue weighted by Gasteiger charge is -2.14. The van der Waals surface area contributed by atoms with Crippen molar-refractivity contribution in [2.45, 2.75) is 31.5 Å². The number of nitrogens with two attached hydrogens (primary N) is 1. The first-order chi connectivity index (χ1) is 14.6. The topological polar surface area (TPSA) is 110 Å². The fourth-order valence-electron chi connectivity index (χ4n) is 3.51. The first-order valence-electron chi connectivity index (χ1n) is 9.80. The van der Waals surface area contributed by atoms with Crippen LogP contribution in [-0.4, -0.2) is 47.2 Å². The zero-order chi connectivity index (χ0) is 20.9. The molecule has 1 saturated heterocycles. The molecule has 9 nitrogen and oxygen atoms in total. The molecular formula is C21H24N4O5. The molecule has 1 fully saturated rings. The van der Waals surface area contributed by atoms with Crippen LogP contribution in [0, 0.1) is 0 Å². The highest BCUT2D eigenvalue weighted by atomic mass is 16.7. The number of benzene rings is 1. The second-order valence-electron chi connectivity index (χ2n) is 7.03. The van der Waals surface area contributed by atoms with Gasteiger partial charge < -0.3 is 24.7 Å². The van der Waals surface area contributed by atoms with Gasteiger partial charge in [-0.3, -0.25) is 0 Å². The molecule has 2 N–H and O–H groups in total. The van der Waals surface area contributed by atoms with Crippen molar-refractivity contribution in [2.75, 3.05) is 26.1 Å². The minimum absolute atomic E-state index is 0.138. The molecule has 0 unspecified atom stereocenters. The van der Waals surface area contributed by atoms with Crippen molar-refractivity contribution in [2.24, 2.45) is 0 Å². The normalized spacial score (nSPS) is 18.4. The number of aromatic nitrogens is 3. The second-order valence-corrected chi connectivity index (χ2v) is 7.03. The number of fused-ring (bicyclic) bond motifs is 1. The molecule has 2 aromatic heterocycles. The Bertz CT molecular complexity index is 1000. The molecule has 0 spiro atoms. The molecule has 3 heterocycles. The summed E-state index contributed by atoms with van der Waals surface area (Å²) in [6, 6.07) is 11.4. The lowest BCUT2D eigenvalue weighted by Crippen LogP contribution is -2.19. The molecule has 0 saturated carbocycles. The first kappa shape index (κ1) is 20.0. The number of anilines is 1. The molecule has 9 heteroatoms. The highest BCUT2D eigenvalue weighted by molar-refractivity contribution is 5.65. The van der Waals surface area contributed by atoms with Crippen LogP contribution in [0.25, 0.3) is 5.52 Å². The predicted molar refractivity (Wildman–Crippen MR) is 108 cm³/mol. The lowest BCUT2D eigenvalue weighted by molar-refractivity contribution is -0.0171. The monoisotopic (exact) mass is 412 g/mol. The van der Waals surface area contributed by atoms with Crippen LogP contribution in [0.15, 0.2) is 42.7 Å². The van der Waals surface area contributed by atoms with Gasteiger partial charge in [0.15, 0.2) is 5.82 Å². The van der Waals surface area contributed by atoms with Gasteiger partial charge in [0.05, 0.1) is 25.5 Å². The molecule has 0 bridgehead atoms. The van der Waals surface area contributed by atoms with Gasteiger partial charge in [0.1, 0.15) is 30.3 Å². The first-order valence-corrected chi connectivity index (χ1v) is 9.80. The van der Waals surface area contributed by atoms with Gasteiger partial charge >= 0.3 is 6.16 Å². The average molecular weight is 412 g/mol. The van der Waals surface area contributed by atoms with Gasteiger partial charge in [-0.2, -0.15) is 5.10 Å². The van der Waals surface area contributed by atoms with Crippen molar-refractivity contribution in [3.63, 3.8) is 0 Å². The number of ether oxygens (including phenoxy) is 4. The number of carbonyl (C=O) groups is 1. The number of carbonyl (C=O) groups excluding carboxylic acids is 1. The molecule has 4 rings (SSSR count). The number of nitrogens with zero attached hydrogens (tertiary/aromatic N) is 3. The molecule has 30 heavy (non-hydrogen) atoms. The van der Waals surface area contributed by atoms with Crippen molar-refractivity contribution in [3.05, 3.63) is 54.0 Å². The summed E-state index contributed by atoms with van der Waals surface area (Å²) in [5.41, 5.74) is 8.58. The smallest absolute Gasteiger partial charge is 0.497 e. The van der Waals surface area contributed by atoms with E-state index in [-0.39, 0.29) is 25.4 Å². The Hall–Kier alpha value is -3.33. The summed E-state index contributed by atoms with van der Waals surface area (Å²) >= 11 is 0. The molecule has 3 aromatic rings. The lowest BCUT2D eigenvalue weighted by atomic mass is 10.1. The van der Waals surface area contributed by atoms with Gasteiger partial charge in [0.25, 0.3) is 0 Å². The van der Waals surface area contributed by atoms with E-state index in [1.54, 1.807) is 11.6 Å². The van der Waals surface area contributed by atoms with Gasteiger partial charge in [0, 0.05) is 6.42 Å². The second kappa shape index (κ2) is 9.00. The minimum Gasteiger partial charge on any atom is -0.497 e. The third kappa shape index (κ3) is 4.46. The van der Waals surface area contributed by atoms with E-state index in [4.69, 9.17) is 24.7 Å². The molecule has 0 aliphatic carbocycles. The third-order valence-corrected chi connectivity index (χ3v) is 5.11. The van der Waals surface area contributed by atoms with Crippen LogP contribution < -0.4 is 10.5 Å². The van der Waals surface area contributed by atoms with E-state index in [1.165, 1.54) is 6.33 Å². The van der Waals surface area contributed by atoms with Gasteiger partial charge in [-0.15, -0.1) is 0 Å². The summed E-state index contributed by atoms with van der Waals surface area (Å²) in [6.45, 7) is 0.398. The molecule has 1 aromatic carbocycles. The van der Waals surface area contributed by atoms with Crippen LogP contribution in [-0.2, 0) is 20.6 Å².